The van der Waals surface area contributed by atoms with E-state index < -0.39 is 0 Å². The zero-order valence-corrected chi connectivity index (χ0v) is 9.99. The molecule has 4 nitrogen and oxygen atoms in total. The molecule has 0 radical (unpaired) electrons. The van der Waals surface area contributed by atoms with Gasteiger partial charge in [-0.25, -0.2) is 15.0 Å². The summed E-state index contributed by atoms with van der Waals surface area (Å²) in [6.45, 7) is 0. The third-order valence-electron chi connectivity index (χ3n) is 2.80. The molecule has 0 aliphatic rings. The van der Waals surface area contributed by atoms with Gasteiger partial charge in [-0.15, -0.1) is 0 Å². The molecule has 0 fully saturated rings. The van der Waals surface area contributed by atoms with Crippen LogP contribution in [0.1, 0.15) is 0 Å². The van der Waals surface area contributed by atoms with Gasteiger partial charge in [0.15, 0.2) is 5.82 Å². The van der Waals surface area contributed by atoms with Crippen LogP contribution in [0.4, 0.5) is 0 Å². The second-order valence-corrected chi connectivity index (χ2v) is 4.04. The minimum Gasteiger partial charge on any atom is -0.334 e. The Balaban J connectivity index is 2.08. The molecule has 0 saturated heterocycles. The normalized spacial score (nSPS) is 10.5. The molecule has 1 aromatic carbocycles. The van der Waals surface area contributed by atoms with Crippen molar-refractivity contribution in [3.63, 3.8) is 0 Å². The SMILES string of the molecule is Cn1cncc1-c1cccc(-c2ncccn2)c1. The molecule has 18 heavy (non-hydrogen) atoms. The van der Waals surface area contributed by atoms with E-state index in [2.05, 4.69) is 27.1 Å². The molecule has 0 unspecified atom stereocenters. The van der Waals surface area contributed by atoms with Crippen LogP contribution in [-0.2, 0) is 7.05 Å². The van der Waals surface area contributed by atoms with Crippen LogP contribution in [0.25, 0.3) is 22.6 Å². The summed E-state index contributed by atoms with van der Waals surface area (Å²) in [5.74, 6) is 0.738. The first-order chi connectivity index (χ1) is 8.84. The lowest BCUT2D eigenvalue weighted by molar-refractivity contribution is 0.921. The number of aryl methyl sites for hydroxylation is 1. The van der Waals surface area contributed by atoms with Crippen molar-refractivity contribution in [3.8, 4) is 22.6 Å². The molecule has 0 spiro atoms. The highest BCUT2D eigenvalue weighted by molar-refractivity contribution is 5.67. The van der Waals surface area contributed by atoms with Crippen molar-refractivity contribution in [2.24, 2.45) is 7.05 Å². The number of nitrogens with zero attached hydrogens (tertiary/aromatic N) is 4. The summed E-state index contributed by atoms with van der Waals surface area (Å²) >= 11 is 0. The Bertz CT molecular complexity index is 658. The zero-order chi connectivity index (χ0) is 12.4. The van der Waals surface area contributed by atoms with Crippen LogP contribution in [0.3, 0.4) is 0 Å². The van der Waals surface area contributed by atoms with E-state index in [0.29, 0.717) is 0 Å². The molecule has 0 atom stereocenters. The fourth-order valence-electron chi connectivity index (χ4n) is 1.90. The van der Waals surface area contributed by atoms with Crippen LogP contribution in [0.15, 0.2) is 55.2 Å². The van der Waals surface area contributed by atoms with Crippen LogP contribution in [-0.4, -0.2) is 19.5 Å². The second-order valence-electron chi connectivity index (χ2n) is 4.04. The van der Waals surface area contributed by atoms with Gasteiger partial charge >= 0.3 is 0 Å². The molecular formula is C14H12N4. The van der Waals surface area contributed by atoms with Gasteiger partial charge in [-0.2, -0.15) is 0 Å². The average molecular weight is 236 g/mol. The van der Waals surface area contributed by atoms with Gasteiger partial charge in [-0.3, -0.25) is 0 Å². The van der Waals surface area contributed by atoms with E-state index in [-0.39, 0.29) is 0 Å². The summed E-state index contributed by atoms with van der Waals surface area (Å²) in [6, 6.07) is 9.97. The summed E-state index contributed by atoms with van der Waals surface area (Å²) in [6.07, 6.45) is 7.14. The number of imidazole rings is 1. The van der Waals surface area contributed by atoms with E-state index in [1.807, 2.05) is 36.0 Å². The van der Waals surface area contributed by atoms with Gasteiger partial charge in [0.1, 0.15) is 0 Å². The van der Waals surface area contributed by atoms with Crippen molar-refractivity contribution >= 4 is 0 Å². The Hall–Kier alpha value is -2.49. The molecule has 88 valence electrons. The van der Waals surface area contributed by atoms with Crippen molar-refractivity contribution in [1.82, 2.24) is 19.5 Å². The molecule has 4 heteroatoms. The van der Waals surface area contributed by atoms with Crippen molar-refractivity contribution < 1.29 is 0 Å². The Labute approximate surface area is 105 Å². The van der Waals surface area contributed by atoms with Gasteiger partial charge in [0.25, 0.3) is 0 Å². The van der Waals surface area contributed by atoms with Crippen LogP contribution < -0.4 is 0 Å². The highest BCUT2D eigenvalue weighted by Gasteiger charge is 2.05. The van der Waals surface area contributed by atoms with Gasteiger partial charge < -0.3 is 4.57 Å². The fourth-order valence-corrected chi connectivity index (χ4v) is 1.90. The van der Waals surface area contributed by atoms with E-state index in [4.69, 9.17) is 0 Å². The Kier molecular flexibility index (Phi) is 2.61. The molecule has 0 aliphatic heterocycles. The average Bonchev–Trinajstić information content (AvgIpc) is 2.86. The standard InChI is InChI=1S/C14H12N4/c1-18-10-15-9-13(18)11-4-2-5-12(8-11)14-16-6-3-7-17-14/h2-10H,1H3. The van der Waals surface area contributed by atoms with Gasteiger partial charge in [0, 0.05) is 30.6 Å². The summed E-state index contributed by atoms with van der Waals surface area (Å²) in [7, 11) is 1.98. The first kappa shape index (κ1) is 10.7. The molecule has 3 rings (SSSR count). The maximum Gasteiger partial charge on any atom is 0.159 e. The highest BCUT2D eigenvalue weighted by atomic mass is 15.0. The van der Waals surface area contributed by atoms with Gasteiger partial charge in [0.05, 0.1) is 18.2 Å². The molecule has 0 amide bonds. The number of aromatic nitrogens is 4. The lowest BCUT2D eigenvalue weighted by Crippen LogP contribution is -1.91. The minimum atomic E-state index is 0.738. The Morgan fingerprint density at radius 3 is 2.50 bits per heavy atom. The number of hydrogen-bond donors (Lipinski definition) is 0. The monoisotopic (exact) mass is 236 g/mol. The van der Waals surface area contributed by atoms with Crippen molar-refractivity contribution in [1.29, 1.82) is 0 Å². The smallest absolute Gasteiger partial charge is 0.159 e. The predicted molar refractivity (Wildman–Crippen MR) is 69.7 cm³/mol. The Morgan fingerprint density at radius 2 is 1.78 bits per heavy atom. The molecule has 0 bridgehead atoms. The van der Waals surface area contributed by atoms with Gasteiger partial charge in [-0.05, 0) is 12.1 Å². The van der Waals surface area contributed by atoms with E-state index in [0.717, 1.165) is 22.6 Å². The maximum atomic E-state index is 4.26. The predicted octanol–water partition coefficient (Wildman–Crippen LogP) is 2.54. The molecule has 3 aromatic rings. The zero-order valence-electron chi connectivity index (χ0n) is 9.99. The van der Waals surface area contributed by atoms with E-state index >= 15 is 0 Å². The summed E-state index contributed by atoms with van der Waals surface area (Å²) < 4.78 is 1.99. The lowest BCUT2D eigenvalue weighted by atomic mass is 10.1. The fraction of sp³-hybridized carbons (Fsp3) is 0.0714. The lowest BCUT2D eigenvalue weighted by Gasteiger charge is -2.04. The molecule has 0 aliphatic carbocycles. The van der Waals surface area contributed by atoms with E-state index in [1.165, 1.54) is 0 Å². The third kappa shape index (κ3) is 1.88. The molecule has 0 N–H and O–H groups in total. The van der Waals surface area contributed by atoms with Gasteiger partial charge in [-0.1, -0.05) is 18.2 Å². The Morgan fingerprint density at radius 1 is 1.00 bits per heavy atom. The number of benzene rings is 1. The van der Waals surface area contributed by atoms with Crippen molar-refractivity contribution in [3.05, 3.63) is 55.2 Å². The second kappa shape index (κ2) is 4.41. The summed E-state index contributed by atoms with van der Waals surface area (Å²) in [5, 5.41) is 0. The van der Waals surface area contributed by atoms with E-state index in [1.54, 1.807) is 18.7 Å². The third-order valence-corrected chi connectivity index (χ3v) is 2.80. The minimum absolute atomic E-state index is 0.738. The topological polar surface area (TPSA) is 43.6 Å². The van der Waals surface area contributed by atoms with Crippen LogP contribution in [0.5, 0.6) is 0 Å². The molecule has 0 saturated carbocycles. The molecular weight excluding hydrogens is 224 g/mol. The van der Waals surface area contributed by atoms with Gasteiger partial charge in [0.2, 0.25) is 0 Å². The largest absolute Gasteiger partial charge is 0.334 e. The summed E-state index contributed by atoms with van der Waals surface area (Å²) in [4.78, 5) is 12.7. The number of hydrogen-bond acceptors (Lipinski definition) is 3. The van der Waals surface area contributed by atoms with Crippen LogP contribution in [0, 0.1) is 0 Å². The summed E-state index contributed by atoms with van der Waals surface area (Å²) in [5.41, 5.74) is 3.20. The maximum absolute atomic E-state index is 4.26. The van der Waals surface area contributed by atoms with E-state index in [9.17, 15) is 0 Å². The highest BCUT2D eigenvalue weighted by Crippen LogP contribution is 2.23. The van der Waals surface area contributed by atoms with Crippen molar-refractivity contribution in [2.75, 3.05) is 0 Å². The van der Waals surface area contributed by atoms with Crippen molar-refractivity contribution in [2.45, 2.75) is 0 Å². The quantitative estimate of drug-likeness (QED) is 0.686. The first-order valence-corrected chi connectivity index (χ1v) is 5.69. The first-order valence-electron chi connectivity index (χ1n) is 5.69. The molecule has 2 heterocycles. The van der Waals surface area contributed by atoms with Crippen LogP contribution >= 0.6 is 0 Å². The number of rotatable bonds is 2. The molecule has 2 aromatic heterocycles. The van der Waals surface area contributed by atoms with Crippen LogP contribution in [0.2, 0.25) is 0 Å².